The number of ether oxygens (including phenoxy) is 5. The van der Waals surface area contributed by atoms with Crippen LogP contribution in [-0.2, 0) is 16.0 Å². The van der Waals surface area contributed by atoms with E-state index in [9.17, 15) is 9.90 Å². The smallest absolute Gasteiger partial charge is 0.344 e. The van der Waals surface area contributed by atoms with Crippen LogP contribution in [0.25, 0.3) is 0 Å². The molecule has 0 fully saturated rings. The number of phenolic OH excluding ortho intramolecular Hbond substituents is 1. The molecule has 7 nitrogen and oxygen atoms in total. The van der Waals surface area contributed by atoms with Crippen molar-refractivity contribution in [3.63, 3.8) is 0 Å². The highest BCUT2D eigenvalue weighted by atomic mass is 16.6. The Balaban J connectivity index is 1.75. The maximum Gasteiger partial charge on any atom is 0.344 e. The third kappa shape index (κ3) is 4.24. The minimum atomic E-state index is -0.485. The molecule has 1 aliphatic heterocycles. The van der Waals surface area contributed by atoms with E-state index >= 15 is 0 Å². The van der Waals surface area contributed by atoms with Gasteiger partial charge >= 0.3 is 5.97 Å². The van der Waals surface area contributed by atoms with Crippen LogP contribution in [0.5, 0.6) is 28.7 Å². The number of hydrogen-bond acceptors (Lipinski definition) is 7. The van der Waals surface area contributed by atoms with Crippen LogP contribution in [-0.4, -0.2) is 38.5 Å². The lowest BCUT2D eigenvalue weighted by molar-refractivity contribution is -0.145. The van der Waals surface area contributed by atoms with Crippen molar-refractivity contribution in [1.29, 1.82) is 0 Å². The Bertz CT molecular complexity index is 847. The van der Waals surface area contributed by atoms with Crippen molar-refractivity contribution in [1.82, 2.24) is 0 Å². The van der Waals surface area contributed by atoms with E-state index in [0.29, 0.717) is 11.5 Å². The molecule has 3 rings (SSSR count). The van der Waals surface area contributed by atoms with Crippen LogP contribution in [0.15, 0.2) is 30.3 Å². The molecule has 0 aliphatic carbocycles. The largest absolute Gasteiger partial charge is 0.504 e. The van der Waals surface area contributed by atoms with Gasteiger partial charge in [-0.25, -0.2) is 4.79 Å². The molecule has 0 unspecified atom stereocenters. The van der Waals surface area contributed by atoms with E-state index in [0.717, 1.165) is 29.7 Å². The molecule has 28 heavy (non-hydrogen) atoms. The van der Waals surface area contributed by atoms with Crippen LogP contribution in [0.2, 0.25) is 0 Å². The fourth-order valence-electron chi connectivity index (χ4n) is 3.17. The lowest BCUT2D eigenvalue weighted by Gasteiger charge is -2.28. The lowest BCUT2D eigenvalue weighted by atomic mass is 9.96. The van der Waals surface area contributed by atoms with E-state index in [-0.39, 0.29) is 30.8 Å². The number of methoxy groups -OCH3 is 2. The third-order valence-corrected chi connectivity index (χ3v) is 4.53. The Morgan fingerprint density at radius 2 is 2.00 bits per heavy atom. The van der Waals surface area contributed by atoms with E-state index in [1.54, 1.807) is 33.3 Å². The predicted octanol–water partition coefficient (Wildman–Crippen LogP) is 3.42. The molecule has 1 atom stereocenters. The summed E-state index contributed by atoms with van der Waals surface area (Å²) in [5.41, 5.74) is 1.81. The van der Waals surface area contributed by atoms with Crippen LogP contribution in [0.3, 0.4) is 0 Å². The first-order valence-corrected chi connectivity index (χ1v) is 9.08. The highest BCUT2D eigenvalue weighted by molar-refractivity contribution is 5.71. The quantitative estimate of drug-likeness (QED) is 0.728. The van der Waals surface area contributed by atoms with Gasteiger partial charge in [-0.2, -0.15) is 0 Å². The molecule has 1 aliphatic rings. The van der Waals surface area contributed by atoms with E-state index in [4.69, 9.17) is 23.7 Å². The Kier molecular flexibility index (Phi) is 6.13. The molecule has 150 valence electrons. The van der Waals surface area contributed by atoms with Crippen LogP contribution >= 0.6 is 0 Å². The van der Waals surface area contributed by atoms with Crippen molar-refractivity contribution in [3.8, 4) is 28.7 Å². The number of carbonyl (C=O) groups is 1. The minimum Gasteiger partial charge on any atom is -0.504 e. The first-order chi connectivity index (χ1) is 13.5. The Labute approximate surface area is 163 Å². The molecule has 0 saturated heterocycles. The summed E-state index contributed by atoms with van der Waals surface area (Å²) >= 11 is 0. The lowest BCUT2D eigenvalue weighted by Crippen LogP contribution is -2.16. The first kappa shape index (κ1) is 19.7. The van der Waals surface area contributed by atoms with E-state index < -0.39 is 5.97 Å². The molecule has 1 heterocycles. The van der Waals surface area contributed by atoms with Gasteiger partial charge in [0.15, 0.2) is 18.1 Å². The monoisotopic (exact) mass is 388 g/mol. The molecule has 0 spiro atoms. The van der Waals surface area contributed by atoms with E-state index in [1.165, 1.54) is 0 Å². The summed E-state index contributed by atoms with van der Waals surface area (Å²) in [6, 6.07) is 8.69. The highest BCUT2D eigenvalue weighted by Crippen LogP contribution is 2.43. The number of benzene rings is 2. The third-order valence-electron chi connectivity index (χ3n) is 4.53. The van der Waals surface area contributed by atoms with Gasteiger partial charge in [0.05, 0.1) is 20.8 Å². The van der Waals surface area contributed by atoms with Crippen molar-refractivity contribution in [2.45, 2.75) is 25.9 Å². The van der Waals surface area contributed by atoms with Gasteiger partial charge in [-0.3, -0.25) is 0 Å². The molecule has 0 saturated carbocycles. The summed E-state index contributed by atoms with van der Waals surface area (Å²) in [7, 11) is 3.21. The summed E-state index contributed by atoms with van der Waals surface area (Å²) in [6.07, 6.45) is 1.28. The number of carbonyl (C=O) groups excluding carboxylic acids is 1. The highest BCUT2D eigenvalue weighted by Gasteiger charge is 2.25. The molecule has 2 aromatic carbocycles. The van der Waals surface area contributed by atoms with E-state index in [1.807, 2.05) is 18.2 Å². The molecule has 1 N–H and O–H groups in total. The fourth-order valence-corrected chi connectivity index (χ4v) is 3.17. The van der Waals surface area contributed by atoms with Gasteiger partial charge in [-0.05, 0) is 37.5 Å². The maximum absolute atomic E-state index is 11.4. The van der Waals surface area contributed by atoms with Gasteiger partial charge in [-0.15, -0.1) is 0 Å². The fraction of sp³-hybridized carbons (Fsp3) is 0.381. The maximum atomic E-state index is 11.4. The van der Waals surface area contributed by atoms with Gasteiger partial charge in [0.1, 0.15) is 23.4 Å². The zero-order valence-corrected chi connectivity index (χ0v) is 16.2. The van der Waals surface area contributed by atoms with Crippen LogP contribution < -0.4 is 18.9 Å². The molecule has 7 heteroatoms. The molecular weight excluding hydrogens is 364 g/mol. The van der Waals surface area contributed by atoms with Crippen LogP contribution in [0.4, 0.5) is 0 Å². The molecule has 0 amide bonds. The van der Waals surface area contributed by atoms with Gasteiger partial charge in [0.25, 0.3) is 0 Å². The molecule has 0 aromatic heterocycles. The van der Waals surface area contributed by atoms with Crippen molar-refractivity contribution in [3.05, 3.63) is 41.5 Å². The summed E-state index contributed by atoms with van der Waals surface area (Å²) in [6.45, 7) is 1.74. The second kappa shape index (κ2) is 8.73. The average Bonchev–Trinajstić information content (AvgIpc) is 2.71. The number of aromatic hydroxyl groups is 1. The van der Waals surface area contributed by atoms with Crippen LogP contribution in [0, 0.1) is 0 Å². The zero-order chi connectivity index (χ0) is 20.1. The Morgan fingerprint density at radius 1 is 1.18 bits per heavy atom. The van der Waals surface area contributed by atoms with Crippen molar-refractivity contribution < 1.29 is 33.6 Å². The molecular formula is C21H24O7. The molecule has 0 bridgehead atoms. The number of esters is 1. The number of phenols is 1. The zero-order valence-electron chi connectivity index (χ0n) is 16.2. The topological polar surface area (TPSA) is 83.5 Å². The minimum absolute atomic E-state index is 0.0561. The van der Waals surface area contributed by atoms with Gasteiger partial charge < -0.3 is 28.8 Å². The van der Waals surface area contributed by atoms with E-state index in [2.05, 4.69) is 0 Å². The molecule has 0 radical (unpaired) electrons. The second-order valence-corrected chi connectivity index (χ2v) is 6.27. The standard InChI is InChI=1S/C21H24O7/c1-4-26-21(23)12-27-18-7-5-13(9-16(18)22)17-8-6-15-19(25-3)10-14(24-2)11-20(15)28-17/h5,7,9-11,17,22H,4,6,8,12H2,1-3H3/t17-/m1/s1. The second-order valence-electron chi connectivity index (χ2n) is 6.27. The Hall–Kier alpha value is -3.09. The van der Waals surface area contributed by atoms with Crippen molar-refractivity contribution >= 4 is 5.97 Å². The predicted molar refractivity (Wildman–Crippen MR) is 101 cm³/mol. The van der Waals surface area contributed by atoms with Gasteiger partial charge in [0.2, 0.25) is 0 Å². The number of fused-ring (bicyclic) bond motifs is 1. The average molecular weight is 388 g/mol. The number of rotatable bonds is 7. The molecule has 2 aromatic rings. The van der Waals surface area contributed by atoms with Gasteiger partial charge in [-0.1, -0.05) is 6.07 Å². The normalized spacial score (nSPS) is 15.2. The summed E-state index contributed by atoms with van der Waals surface area (Å²) in [4.78, 5) is 11.4. The Morgan fingerprint density at radius 3 is 2.68 bits per heavy atom. The SMILES string of the molecule is CCOC(=O)COc1ccc([C@H]2CCc3c(OC)cc(OC)cc3O2)cc1O. The first-order valence-electron chi connectivity index (χ1n) is 9.08. The van der Waals surface area contributed by atoms with Gasteiger partial charge in [0, 0.05) is 17.7 Å². The summed E-state index contributed by atoms with van der Waals surface area (Å²) in [5.74, 6) is 1.77. The van der Waals surface area contributed by atoms with Crippen LogP contribution in [0.1, 0.15) is 30.6 Å². The summed E-state index contributed by atoms with van der Waals surface area (Å²) in [5, 5.41) is 10.3. The summed E-state index contributed by atoms with van der Waals surface area (Å²) < 4.78 is 27.0. The number of hydrogen-bond donors (Lipinski definition) is 1. The van der Waals surface area contributed by atoms with Crippen molar-refractivity contribution in [2.24, 2.45) is 0 Å². The van der Waals surface area contributed by atoms with Crippen molar-refractivity contribution in [2.75, 3.05) is 27.4 Å².